The molecule has 0 aliphatic carbocycles. The van der Waals surface area contributed by atoms with Crippen molar-refractivity contribution in [2.24, 2.45) is 0 Å². The summed E-state index contributed by atoms with van der Waals surface area (Å²) in [6, 6.07) is 0. The first kappa shape index (κ1) is 11.3. The van der Waals surface area contributed by atoms with E-state index in [-0.39, 0.29) is 11.6 Å². The Bertz CT molecular complexity index is 217. The number of amides is 1. The van der Waals surface area contributed by atoms with Gasteiger partial charge in [-0.1, -0.05) is 0 Å². The van der Waals surface area contributed by atoms with Crippen LogP contribution in [0.25, 0.3) is 0 Å². The van der Waals surface area contributed by atoms with Gasteiger partial charge in [0, 0.05) is 12.1 Å². The van der Waals surface area contributed by atoms with Crippen LogP contribution in [0.15, 0.2) is 0 Å². The maximum atomic E-state index is 11.3. The Morgan fingerprint density at radius 1 is 1.57 bits per heavy atom. The van der Waals surface area contributed by atoms with E-state index in [1.807, 2.05) is 20.8 Å². The molecule has 4 nitrogen and oxygen atoms in total. The van der Waals surface area contributed by atoms with Crippen molar-refractivity contribution in [3.63, 3.8) is 0 Å². The van der Waals surface area contributed by atoms with Crippen molar-refractivity contribution in [3.05, 3.63) is 0 Å². The molecule has 1 amide bonds. The zero-order valence-electron chi connectivity index (χ0n) is 9.44. The average Bonchev–Trinajstić information content (AvgIpc) is 1.94. The van der Waals surface area contributed by atoms with E-state index in [0.717, 1.165) is 13.0 Å². The highest BCUT2D eigenvalue weighted by molar-refractivity contribution is 5.67. The van der Waals surface area contributed by atoms with Crippen molar-refractivity contribution in [2.75, 3.05) is 13.1 Å². The molecule has 82 valence electrons. The molecule has 4 heteroatoms. The van der Waals surface area contributed by atoms with Gasteiger partial charge in [0.15, 0.2) is 0 Å². The molecule has 1 aliphatic rings. The Morgan fingerprint density at radius 2 is 2.14 bits per heavy atom. The predicted molar refractivity (Wildman–Crippen MR) is 55.3 cm³/mol. The van der Waals surface area contributed by atoms with Crippen molar-refractivity contribution < 1.29 is 9.53 Å². The SMILES string of the molecule is CC(C)(C)OC(=O)NC[C@@]1(C)CCN1. The highest BCUT2D eigenvalue weighted by atomic mass is 16.6. The molecular weight excluding hydrogens is 180 g/mol. The normalized spacial score (nSPS) is 26.6. The summed E-state index contributed by atoms with van der Waals surface area (Å²) < 4.78 is 5.12. The fourth-order valence-corrected chi connectivity index (χ4v) is 1.28. The van der Waals surface area contributed by atoms with Crippen LogP contribution in [-0.2, 0) is 4.74 Å². The van der Waals surface area contributed by atoms with E-state index in [4.69, 9.17) is 4.74 Å². The van der Waals surface area contributed by atoms with Crippen LogP contribution >= 0.6 is 0 Å². The van der Waals surface area contributed by atoms with Gasteiger partial charge in [0.2, 0.25) is 0 Å². The molecule has 1 saturated heterocycles. The Kier molecular flexibility index (Phi) is 3.04. The van der Waals surface area contributed by atoms with Crippen LogP contribution < -0.4 is 10.6 Å². The highest BCUT2D eigenvalue weighted by Gasteiger charge is 2.31. The minimum atomic E-state index is -0.419. The summed E-state index contributed by atoms with van der Waals surface area (Å²) in [5.41, 5.74) is -0.352. The minimum absolute atomic E-state index is 0.0664. The third-order valence-corrected chi connectivity index (χ3v) is 2.25. The van der Waals surface area contributed by atoms with Crippen LogP contribution in [0.3, 0.4) is 0 Å². The number of hydrogen-bond donors (Lipinski definition) is 2. The number of hydrogen-bond acceptors (Lipinski definition) is 3. The summed E-state index contributed by atoms with van der Waals surface area (Å²) in [5, 5.41) is 6.03. The van der Waals surface area contributed by atoms with Crippen LogP contribution in [0.4, 0.5) is 4.79 Å². The van der Waals surface area contributed by atoms with Crippen molar-refractivity contribution in [1.29, 1.82) is 0 Å². The molecule has 0 saturated carbocycles. The van der Waals surface area contributed by atoms with Crippen LogP contribution in [0, 0.1) is 0 Å². The zero-order valence-corrected chi connectivity index (χ0v) is 9.44. The number of rotatable bonds is 2. The number of ether oxygens (including phenoxy) is 1. The predicted octanol–water partition coefficient (Wildman–Crippen LogP) is 1.26. The smallest absolute Gasteiger partial charge is 0.407 e. The molecule has 1 aliphatic heterocycles. The van der Waals surface area contributed by atoms with Crippen LogP contribution in [0.5, 0.6) is 0 Å². The van der Waals surface area contributed by atoms with Gasteiger partial charge in [-0.2, -0.15) is 0 Å². The van der Waals surface area contributed by atoms with Gasteiger partial charge >= 0.3 is 6.09 Å². The van der Waals surface area contributed by atoms with E-state index in [0.29, 0.717) is 6.54 Å². The van der Waals surface area contributed by atoms with E-state index in [9.17, 15) is 4.79 Å². The lowest BCUT2D eigenvalue weighted by atomic mass is 9.90. The van der Waals surface area contributed by atoms with Gasteiger partial charge < -0.3 is 15.4 Å². The Hall–Kier alpha value is -0.770. The topological polar surface area (TPSA) is 50.4 Å². The van der Waals surface area contributed by atoms with Gasteiger partial charge in [-0.25, -0.2) is 4.79 Å². The number of nitrogens with one attached hydrogen (secondary N) is 2. The molecule has 0 aromatic heterocycles. The zero-order chi connectivity index (χ0) is 10.8. The van der Waals surface area contributed by atoms with Gasteiger partial charge in [0.1, 0.15) is 5.60 Å². The Labute approximate surface area is 85.4 Å². The van der Waals surface area contributed by atoms with Crippen LogP contribution in [0.2, 0.25) is 0 Å². The van der Waals surface area contributed by atoms with Gasteiger partial charge in [-0.15, -0.1) is 0 Å². The average molecular weight is 200 g/mol. The Balaban J connectivity index is 2.21. The summed E-state index contributed by atoms with van der Waals surface area (Å²) in [5.74, 6) is 0. The van der Waals surface area contributed by atoms with E-state index in [1.54, 1.807) is 0 Å². The van der Waals surface area contributed by atoms with Gasteiger partial charge in [0.05, 0.1) is 0 Å². The first-order chi connectivity index (χ1) is 6.31. The maximum Gasteiger partial charge on any atom is 0.407 e. The summed E-state index contributed by atoms with van der Waals surface area (Å²) in [7, 11) is 0. The standard InChI is InChI=1S/C10H20N2O2/c1-9(2,3)14-8(13)11-7-10(4)5-6-12-10/h12H,5-7H2,1-4H3,(H,11,13)/t10-/m1/s1. The number of alkyl carbamates (subject to hydrolysis) is 1. The second kappa shape index (κ2) is 3.77. The van der Waals surface area contributed by atoms with E-state index < -0.39 is 5.60 Å². The summed E-state index contributed by atoms with van der Waals surface area (Å²) in [4.78, 5) is 11.3. The number of carbonyl (C=O) groups excluding carboxylic acids is 1. The molecule has 0 spiro atoms. The lowest BCUT2D eigenvalue weighted by molar-refractivity contribution is 0.0498. The molecule has 0 unspecified atom stereocenters. The molecule has 1 rings (SSSR count). The van der Waals surface area contributed by atoms with Gasteiger partial charge in [-0.05, 0) is 40.7 Å². The molecule has 2 N–H and O–H groups in total. The summed E-state index contributed by atoms with van der Waals surface area (Å²) in [6.07, 6.45) is 0.760. The fourth-order valence-electron chi connectivity index (χ4n) is 1.28. The van der Waals surface area contributed by atoms with Crippen molar-refractivity contribution in [2.45, 2.75) is 45.3 Å². The third kappa shape index (κ3) is 3.54. The quantitative estimate of drug-likeness (QED) is 0.705. The summed E-state index contributed by atoms with van der Waals surface area (Å²) in [6.45, 7) is 9.32. The molecule has 1 fully saturated rings. The van der Waals surface area contributed by atoms with E-state index in [1.165, 1.54) is 0 Å². The van der Waals surface area contributed by atoms with Gasteiger partial charge in [-0.3, -0.25) is 0 Å². The van der Waals surface area contributed by atoms with Crippen molar-refractivity contribution >= 4 is 6.09 Å². The first-order valence-corrected chi connectivity index (χ1v) is 5.03. The molecular formula is C10H20N2O2. The lowest BCUT2D eigenvalue weighted by Crippen LogP contribution is -2.60. The monoisotopic (exact) mass is 200 g/mol. The van der Waals surface area contributed by atoms with Crippen molar-refractivity contribution in [1.82, 2.24) is 10.6 Å². The highest BCUT2D eigenvalue weighted by Crippen LogP contribution is 2.16. The van der Waals surface area contributed by atoms with E-state index >= 15 is 0 Å². The first-order valence-electron chi connectivity index (χ1n) is 5.03. The molecule has 0 aromatic rings. The Morgan fingerprint density at radius 3 is 2.50 bits per heavy atom. The third-order valence-electron chi connectivity index (χ3n) is 2.25. The van der Waals surface area contributed by atoms with Crippen molar-refractivity contribution in [3.8, 4) is 0 Å². The lowest BCUT2D eigenvalue weighted by Gasteiger charge is -2.40. The largest absolute Gasteiger partial charge is 0.444 e. The fraction of sp³-hybridized carbons (Fsp3) is 0.900. The molecule has 0 radical (unpaired) electrons. The molecule has 1 atom stereocenters. The minimum Gasteiger partial charge on any atom is -0.444 e. The maximum absolute atomic E-state index is 11.3. The molecule has 14 heavy (non-hydrogen) atoms. The summed E-state index contributed by atoms with van der Waals surface area (Å²) >= 11 is 0. The second-order valence-electron chi connectivity index (χ2n) is 5.09. The second-order valence-corrected chi connectivity index (χ2v) is 5.09. The van der Waals surface area contributed by atoms with Crippen LogP contribution in [-0.4, -0.2) is 30.3 Å². The molecule has 0 bridgehead atoms. The molecule has 0 aromatic carbocycles. The van der Waals surface area contributed by atoms with Gasteiger partial charge in [0.25, 0.3) is 0 Å². The van der Waals surface area contributed by atoms with Crippen LogP contribution in [0.1, 0.15) is 34.1 Å². The number of carbonyl (C=O) groups is 1. The van der Waals surface area contributed by atoms with E-state index in [2.05, 4.69) is 17.6 Å². The molecule has 1 heterocycles.